The fraction of sp³-hybridized carbons (Fsp3) is 0.333. The number of carboxylic acid groups (broad SMARTS) is 1. The molecule has 1 aromatic carbocycles. The molecule has 0 unspecified atom stereocenters. The normalized spacial score (nSPS) is 10.7. The Bertz CT molecular complexity index is 615. The molecule has 0 radical (unpaired) electrons. The standard InChI is InChI=1S/C15H18N2O2/c1-10-4-5-12(8-11(10)2)13-9-16-14(17(13)3)6-7-15(18)19/h4-5,8-9H,6-7H2,1-3H3,(H,18,19). The van der Waals surface area contributed by atoms with Crippen molar-refractivity contribution in [3.8, 4) is 11.3 Å². The molecule has 0 aliphatic heterocycles. The number of hydrogen-bond donors (Lipinski definition) is 1. The van der Waals surface area contributed by atoms with Crippen LogP contribution in [-0.4, -0.2) is 20.6 Å². The Balaban J connectivity index is 2.30. The highest BCUT2D eigenvalue weighted by Gasteiger charge is 2.10. The zero-order valence-electron chi connectivity index (χ0n) is 11.5. The highest BCUT2D eigenvalue weighted by molar-refractivity contribution is 5.67. The fourth-order valence-electron chi connectivity index (χ4n) is 2.07. The first-order valence-corrected chi connectivity index (χ1v) is 6.29. The second-order valence-corrected chi connectivity index (χ2v) is 4.81. The summed E-state index contributed by atoms with van der Waals surface area (Å²) in [6.45, 7) is 4.17. The first-order chi connectivity index (χ1) is 8.99. The Morgan fingerprint density at radius 3 is 2.68 bits per heavy atom. The molecule has 0 saturated heterocycles. The van der Waals surface area contributed by atoms with E-state index >= 15 is 0 Å². The van der Waals surface area contributed by atoms with Gasteiger partial charge in [0.05, 0.1) is 18.3 Å². The van der Waals surface area contributed by atoms with Crippen LogP contribution in [0.15, 0.2) is 24.4 Å². The lowest BCUT2D eigenvalue weighted by atomic mass is 10.0. The van der Waals surface area contributed by atoms with Gasteiger partial charge in [0, 0.05) is 19.0 Å². The molecule has 100 valence electrons. The van der Waals surface area contributed by atoms with E-state index in [9.17, 15) is 4.79 Å². The molecule has 0 atom stereocenters. The van der Waals surface area contributed by atoms with Crippen molar-refractivity contribution in [1.82, 2.24) is 9.55 Å². The average molecular weight is 258 g/mol. The predicted molar refractivity (Wildman–Crippen MR) is 74.1 cm³/mol. The van der Waals surface area contributed by atoms with E-state index in [-0.39, 0.29) is 6.42 Å². The molecule has 1 heterocycles. The Morgan fingerprint density at radius 1 is 1.32 bits per heavy atom. The molecule has 0 aliphatic carbocycles. The van der Waals surface area contributed by atoms with Gasteiger partial charge < -0.3 is 9.67 Å². The van der Waals surface area contributed by atoms with E-state index in [1.165, 1.54) is 11.1 Å². The zero-order chi connectivity index (χ0) is 14.0. The zero-order valence-corrected chi connectivity index (χ0v) is 11.5. The summed E-state index contributed by atoms with van der Waals surface area (Å²) in [4.78, 5) is 14.9. The van der Waals surface area contributed by atoms with Gasteiger partial charge in [0.15, 0.2) is 0 Å². The van der Waals surface area contributed by atoms with Gasteiger partial charge in [0.1, 0.15) is 5.82 Å². The molecule has 1 aromatic heterocycles. The molecule has 2 aromatic rings. The summed E-state index contributed by atoms with van der Waals surface area (Å²) in [5.74, 6) is 0.00589. The molecule has 0 spiro atoms. The molecule has 2 rings (SSSR count). The van der Waals surface area contributed by atoms with Gasteiger partial charge in [-0.2, -0.15) is 0 Å². The van der Waals surface area contributed by atoms with Crippen molar-refractivity contribution in [3.63, 3.8) is 0 Å². The molecule has 0 saturated carbocycles. The lowest BCUT2D eigenvalue weighted by molar-refractivity contribution is -0.137. The number of aromatic nitrogens is 2. The van der Waals surface area contributed by atoms with Crippen molar-refractivity contribution in [2.45, 2.75) is 26.7 Å². The van der Waals surface area contributed by atoms with Crippen molar-refractivity contribution < 1.29 is 9.90 Å². The molecule has 0 aliphatic rings. The van der Waals surface area contributed by atoms with Gasteiger partial charge >= 0.3 is 5.97 Å². The number of hydrogen-bond acceptors (Lipinski definition) is 2. The molecule has 0 bridgehead atoms. The summed E-state index contributed by atoms with van der Waals surface area (Å²) in [6.07, 6.45) is 2.37. The number of imidazole rings is 1. The molecule has 1 N–H and O–H groups in total. The van der Waals surface area contributed by atoms with E-state index in [1.807, 2.05) is 11.6 Å². The van der Waals surface area contributed by atoms with Crippen molar-refractivity contribution in [3.05, 3.63) is 41.3 Å². The third kappa shape index (κ3) is 2.84. The second-order valence-electron chi connectivity index (χ2n) is 4.81. The van der Waals surface area contributed by atoms with Crippen molar-refractivity contribution in [1.29, 1.82) is 0 Å². The van der Waals surface area contributed by atoms with Crippen LogP contribution in [0.1, 0.15) is 23.4 Å². The monoisotopic (exact) mass is 258 g/mol. The van der Waals surface area contributed by atoms with Crippen LogP contribution in [0.2, 0.25) is 0 Å². The summed E-state index contributed by atoms with van der Waals surface area (Å²) in [5.41, 5.74) is 4.63. The first kappa shape index (κ1) is 13.3. The Hall–Kier alpha value is -2.10. The maximum atomic E-state index is 10.6. The number of carbonyl (C=O) groups is 1. The van der Waals surface area contributed by atoms with Crippen molar-refractivity contribution in [2.24, 2.45) is 7.05 Å². The topological polar surface area (TPSA) is 55.1 Å². The van der Waals surface area contributed by atoms with Crippen LogP contribution in [-0.2, 0) is 18.3 Å². The van der Waals surface area contributed by atoms with E-state index in [2.05, 4.69) is 37.0 Å². The first-order valence-electron chi connectivity index (χ1n) is 6.29. The number of carboxylic acids is 1. The summed E-state index contributed by atoms with van der Waals surface area (Å²) in [5, 5.41) is 8.72. The van der Waals surface area contributed by atoms with Crippen LogP contribution in [0.3, 0.4) is 0 Å². The van der Waals surface area contributed by atoms with E-state index in [0.717, 1.165) is 17.1 Å². The minimum Gasteiger partial charge on any atom is -0.481 e. The maximum absolute atomic E-state index is 10.6. The van der Waals surface area contributed by atoms with Crippen LogP contribution in [0.25, 0.3) is 11.3 Å². The molecule has 0 fully saturated rings. The molecular formula is C15H18N2O2. The minimum absolute atomic E-state index is 0.108. The van der Waals surface area contributed by atoms with Gasteiger partial charge in [0.2, 0.25) is 0 Å². The highest BCUT2D eigenvalue weighted by atomic mass is 16.4. The van der Waals surface area contributed by atoms with Gasteiger partial charge in [-0.05, 0) is 31.0 Å². The van der Waals surface area contributed by atoms with Gasteiger partial charge in [0.25, 0.3) is 0 Å². The molecule has 4 nitrogen and oxygen atoms in total. The number of nitrogens with zero attached hydrogens (tertiary/aromatic N) is 2. The molecule has 4 heteroatoms. The summed E-state index contributed by atoms with van der Waals surface area (Å²) < 4.78 is 1.97. The average Bonchev–Trinajstić information content (AvgIpc) is 2.72. The summed E-state index contributed by atoms with van der Waals surface area (Å²) >= 11 is 0. The Labute approximate surface area is 112 Å². The number of rotatable bonds is 4. The van der Waals surface area contributed by atoms with Gasteiger partial charge in [-0.1, -0.05) is 12.1 Å². The van der Waals surface area contributed by atoms with Gasteiger partial charge in [-0.3, -0.25) is 4.79 Å². The summed E-state index contributed by atoms with van der Waals surface area (Å²) in [6, 6.07) is 6.29. The van der Waals surface area contributed by atoms with Crippen LogP contribution in [0.5, 0.6) is 0 Å². The minimum atomic E-state index is -0.796. The SMILES string of the molecule is Cc1ccc(-c2cnc(CCC(=O)O)n2C)cc1C. The number of benzene rings is 1. The number of aryl methyl sites for hydroxylation is 3. The summed E-state index contributed by atoms with van der Waals surface area (Å²) in [7, 11) is 1.93. The lowest BCUT2D eigenvalue weighted by Gasteiger charge is -2.07. The lowest BCUT2D eigenvalue weighted by Crippen LogP contribution is -2.04. The molecule has 19 heavy (non-hydrogen) atoms. The van der Waals surface area contributed by atoms with Crippen molar-refractivity contribution in [2.75, 3.05) is 0 Å². The number of aliphatic carboxylic acids is 1. The smallest absolute Gasteiger partial charge is 0.303 e. The van der Waals surface area contributed by atoms with E-state index < -0.39 is 5.97 Å². The molecular weight excluding hydrogens is 240 g/mol. The van der Waals surface area contributed by atoms with Crippen molar-refractivity contribution >= 4 is 5.97 Å². The third-order valence-electron chi connectivity index (χ3n) is 3.45. The van der Waals surface area contributed by atoms with Crippen LogP contribution >= 0.6 is 0 Å². The van der Waals surface area contributed by atoms with Crippen LogP contribution < -0.4 is 0 Å². The van der Waals surface area contributed by atoms with Crippen LogP contribution in [0.4, 0.5) is 0 Å². The third-order valence-corrected chi connectivity index (χ3v) is 3.45. The Kier molecular flexibility index (Phi) is 3.69. The second kappa shape index (κ2) is 5.26. The predicted octanol–water partition coefficient (Wildman–Crippen LogP) is 2.72. The molecule has 0 amide bonds. The van der Waals surface area contributed by atoms with E-state index in [0.29, 0.717) is 6.42 Å². The van der Waals surface area contributed by atoms with Gasteiger partial charge in [-0.25, -0.2) is 4.98 Å². The fourth-order valence-corrected chi connectivity index (χ4v) is 2.07. The van der Waals surface area contributed by atoms with E-state index in [4.69, 9.17) is 5.11 Å². The largest absolute Gasteiger partial charge is 0.481 e. The van der Waals surface area contributed by atoms with Gasteiger partial charge in [-0.15, -0.1) is 0 Å². The van der Waals surface area contributed by atoms with Crippen LogP contribution in [0, 0.1) is 13.8 Å². The maximum Gasteiger partial charge on any atom is 0.303 e. The highest BCUT2D eigenvalue weighted by Crippen LogP contribution is 2.22. The Morgan fingerprint density at radius 2 is 2.05 bits per heavy atom. The quantitative estimate of drug-likeness (QED) is 0.917. The van der Waals surface area contributed by atoms with E-state index in [1.54, 1.807) is 6.20 Å².